The van der Waals surface area contributed by atoms with E-state index in [1.165, 1.54) is 19.3 Å². The van der Waals surface area contributed by atoms with Crippen molar-refractivity contribution in [1.82, 2.24) is 24.5 Å². The van der Waals surface area contributed by atoms with Gasteiger partial charge in [0.2, 0.25) is 5.28 Å². The summed E-state index contributed by atoms with van der Waals surface area (Å²) < 4.78 is 3.81. The van der Waals surface area contributed by atoms with Crippen LogP contribution >= 0.6 is 11.6 Å². The lowest BCUT2D eigenvalue weighted by Gasteiger charge is -2.27. The Hall–Kier alpha value is -1.36. The summed E-state index contributed by atoms with van der Waals surface area (Å²) in [6.07, 6.45) is 5.58. The zero-order valence-electron chi connectivity index (χ0n) is 9.67. The summed E-state index contributed by atoms with van der Waals surface area (Å²) in [5, 5.41) is 9.08. The molecule has 2 aromatic rings. The Morgan fingerprint density at radius 1 is 1.47 bits per heavy atom. The van der Waals surface area contributed by atoms with E-state index in [1.54, 1.807) is 4.68 Å². The standard InChI is InChI=1S/C11H14ClN5/c1-8-14-11(12)16(15-8)7-10-5-6-13-17(10)9-3-2-4-9/h5-6,9H,2-4,7H2,1H3. The van der Waals surface area contributed by atoms with Gasteiger partial charge in [0.25, 0.3) is 0 Å². The van der Waals surface area contributed by atoms with E-state index in [0.717, 1.165) is 5.69 Å². The minimum Gasteiger partial charge on any atom is -0.265 e. The summed E-state index contributed by atoms with van der Waals surface area (Å²) in [6, 6.07) is 2.58. The van der Waals surface area contributed by atoms with E-state index >= 15 is 0 Å². The summed E-state index contributed by atoms with van der Waals surface area (Å²) in [5.74, 6) is 0.699. The monoisotopic (exact) mass is 251 g/mol. The highest BCUT2D eigenvalue weighted by molar-refractivity contribution is 6.28. The van der Waals surface area contributed by atoms with Crippen molar-refractivity contribution in [3.63, 3.8) is 0 Å². The molecule has 0 spiro atoms. The number of halogens is 1. The average molecular weight is 252 g/mol. The van der Waals surface area contributed by atoms with Gasteiger partial charge < -0.3 is 0 Å². The molecule has 17 heavy (non-hydrogen) atoms. The highest BCUT2D eigenvalue weighted by Crippen LogP contribution is 2.31. The van der Waals surface area contributed by atoms with E-state index in [9.17, 15) is 0 Å². The van der Waals surface area contributed by atoms with Crippen LogP contribution < -0.4 is 0 Å². The van der Waals surface area contributed by atoms with Crippen LogP contribution in [0.5, 0.6) is 0 Å². The maximum Gasteiger partial charge on any atom is 0.221 e. The lowest BCUT2D eigenvalue weighted by atomic mass is 9.93. The maximum absolute atomic E-state index is 6.00. The van der Waals surface area contributed by atoms with Crippen molar-refractivity contribution in [2.45, 2.75) is 38.8 Å². The second-order valence-electron chi connectivity index (χ2n) is 4.44. The van der Waals surface area contributed by atoms with Crippen LogP contribution in [0.1, 0.15) is 36.8 Å². The molecule has 0 aliphatic heterocycles. The smallest absolute Gasteiger partial charge is 0.221 e. The molecule has 6 heteroatoms. The van der Waals surface area contributed by atoms with Gasteiger partial charge in [-0.25, -0.2) is 9.67 Å². The molecule has 0 atom stereocenters. The van der Waals surface area contributed by atoms with Crippen molar-refractivity contribution < 1.29 is 0 Å². The fourth-order valence-corrected chi connectivity index (χ4v) is 2.33. The number of hydrogen-bond donors (Lipinski definition) is 0. The zero-order valence-corrected chi connectivity index (χ0v) is 10.4. The average Bonchev–Trinajstić information content (AvgIpc) is 2.74. The number of aromatic nitrogens is 5. The molecule has 1 fully saturated rings. The van der Waals surface area contributed by atoms with Crippen LogP contribution in [-0.4, -0.2) is 24.5 Å². The Morgan fingerprint density at radius 3 is 2.88 bits per heavy atom. The van der Waals surface area contributed by atoms with E-state index in [0.29, 0.717) is 23.7 Å². The first-order valence-electron chi connectivity index (χ1n) is 5.83. The molecule has 0 bridgehead atoms. The molecule has 2 aromatic heterocycles. The number of hydrogen-bond acceptors (Lipinski definition) is 3. The molecule has 0 radical (unpaired) electrons. The van der Waals surface area contributed by atoms with E-state index in [-0.39, 0.29) is 0 Å². The lowest BCUT2D eigenvalue weighted by molar-refractivity contribution is 0.280. The summed E-state index contributed by atoms with van der Waals surface area (Å²) >= 11 is 6.00. The van der Waals surface area contributed by atoms with Gasteiger partial charge in [0.15, 0.2) is 0 Å². The third-order valence-corrected chi connectivity index (χ3v) is 3.50. The summed E-state index contributed by atoms with van der Waals surface area (Å²) in [7, 11) is 0. The second kappa shape index (κ2) is 4.14. The van der Waals surface area contributed by atoms with Gasteiger partial charge in [-0.2, -0.15) is 10.2 Å². The molecule has 1 aliphatic rings. The summed E-state index contributed by atoms with van der Waals surface area (Å²) in [4.78, 5) is 4.09. The van der Waals surface area contributed by atoms with Gasteiger partial charge in [-0.3, -0.25) is 4.68 Å². The van der Waals surface area contributed by atoms with E-state index < -0.39 is 0 Å². The maximum atomic E-state index is 6.00. The van der Waals surface area contributed by atoms with Crippen molar-refractivity contribution in [1.29, 1.82) is 0 Å². The van der Waals surface area contributed by atoms with Crippen molar-refractivity contribution in [3.8, 4) is 0 Å². The van der Waals surface area contributed by atoms with Gasteiger partial charge in [0.05, 0.1) is 18.3 Å². The van der Waals surface area contributed by atoms with Crippen LogP contribution in [0.25, 0.3) is 0 Å². The van der Waals surface area contributed by atoms with Gasteiger partial charge in [0.1, 0.15) is 5.82 Å². The quantitative estimate of drug-likeness (QED) is 0.840. The highest BCUT2D eigenvalue weighted by atomic mass is 35.5. The molecule has 0 aromatic carbocycles. The van der Waals surface area contributed by atoms with Crippen LogP contribution in [0.15, 0.2) is 12.3 Å². The van der Waals surface area contributed by atoms with Crippen molar-refractivity contribution >= 4 is 11.6 Å². The van der Waals surface area contributed by atoms with Crippen LogP contribution in [0.2, 0.25) is 5.28 Å². The first-order valence-corrected chi connectivity index (χ1v) is 6.21. The molecule has 1 saturated carbocycles. The van der Waals surface area contributed by atoms with E-state index in [2.05, 4.69) is 19.9 Å². The summed E-state index contributed by atoms with van der Waals surface area (Å²) in [6.45, 7) is 2.47. The van der Waals surface area contributed by atoms with Crippen LogP contribution in [0.3, 0.4) is 0 Å². The van der Waals surface area contributed by atoms with Gasteiger partial charge in [-0.1, -0.05) is 0 Å². The Balaban J connectivity index is 1.85. The molecule has 2 heterocycles. The number of nitrogens with zero attached hydrogens (tertiary/aromatic N) is 5. The molecule has 0 unspecified atom stereocenters. The van der Waals surface area contributed by atoms with Crippen molar-refractivity contribution in [2.75, 3.05) is 0 Å². The predicted octanol–water partition coefficient (Wildman–Crippen LogP) is 2.21. The third-order valence-electron chi connectivity index (χ3n) is 3.22. The topological polar surface area (TPSA) is 48.5 Å². The Labute approximate surface area is 104 Å². The van der Waals surface area contributed by atoms with Crippen molar-refractivity contribution in [2.24, 2.45) is 0 Å². The summed E-state index contributed by atoms with van der Waals surface area (Å²) in [5.41, 5.74) is 1.14. The lowest BCUT2D eigenvalue weighted by Crippen LogP contribution is -2.21. The first kappa shape index (κ1) is 10.8. The third kappa shape index (κ3) is 1.95. The van der Waals surface area contributed by atoms with E-state index in [4.69, 9.17) is 11.6 Å². The van der Waals surface area contributed by atoms with Crippen LogP contribution in [0.4, 0.5) is 0 Å². The van der Waals surface area contributed by atoms with Crippen molar-refractivity contribution in [3.05, 3.63) is 29.1 Å². The Morgan fingerprint density at radius 2 is 2.29 bits per heavy atom. The Bertz CT molecular complexity index is 526. The minimum atomic E-state index is 0.434. The molecule has 3 rings (SSSR count). The molecule has 0 saturated heterocycles. The molecule has 0 amide bonds. The fraction of sp³-hybridized carbons (Fsp3) is 0.545. The van der Waals surface area contributed by atoms with Gasteiger partial charge in [0, 0.05) is 6.20 Å². The first-order chi connectivity index (χ1) is 8.24. The van der Waals surface area contributed by atoms with E-state index in [1.807, 2.05) is 19.2 Å². The SMILES string of the molecule is Cc1nc(Cl)n(Cc2ccnn2C2CCC2)n1. The van der Waals surface area contributed by atoms with Gasteiger partial charge >= 0.3 is 0 Å². The fourth-order valence-electron chi connectivity index (χ4n) is 2.11. The number of aryl methyl sites for hydroxylation is 1. The largest absolute Gasteiger partial charge is 0.265 e. The normalized spacial score (nSPS) is 16.1. The minimum absolute atomic E-state index is 0.434. The molecule has 1 aliphatic carbocycles. The highest BCUT2D eigenvalue weighted by Gasteiger charge is 2.22. The molecule has 0 N–H and O–H groups in total. The molecular formula is C11H14ClN5. The molecule has 5 nitrogen and oxygen atoms in total. The predicted molar refractivity (Wildman–Crippen MR) is 64.0 cm³/mol. The van der Waals surface area contributed by atoms with Gasteiger partial charge in [-0.05, 0) is 43.9 Å². The number of rotatable bonds is 3. The Kier molecular flexibility index (Phi) is 2.63. The molecular weight excluding hydrogens is 238 g/mol. The van der Waals surface area contributed by atoms with Crippen LogP contribution in [-0.2, 0) is 6.54 Å². The molecule has 90 valence electrons. The zero-order chi connectivity index (χ0) is 11.8. The van der Waals surface area contributed by atoms with Crippen LogP contribution in [0, 0.1) is 6.92 Å². The van der Waals surface area contributed by atoms with Gasteiger partial charge in [-0.15, -0.1) is 0 Å². The second-order valence-corrected chi connectivity index (χ2v) is 4.78.